The zero-order chi connectivity index (χ0) is 17.2. The largest absolute Gasteiger partial charge is 0.490 e. The number of ether oxygens (including phenoxy) is 2. The number of piperidine rings is 1. The van der Waals surface area contributed by atoms with Crippen molar-refractivity contribution in [3.8, 4) is 5.75 Å². The average molecular weight is 340 g/mol. The van der Waals surface area contributed by atoms with Crippen LogP contribution in [0.5, 0.6) is 5.75 Å². The maximum atomic E-state index is 14.3. The van der Waals surface area contributed by atoms with E-state index in [0.717, 1.165) is 18.0 Å². The Kier molecular flexibility index (Phi) is 4.88. The van der Waals surface area contributed by atoms with Crippen molar-refractivity contribution in [2.75, 3.05) is 37.7 Å². The molecular formula is C16H21FN2O5. The Morgan fingerprint density at radius 2 is 2.17 bits per heavy atom. The summed E-state index contributed by atoms with van der Waals surface area (Å²) in [6.07, 6.45) is -0.182. The van der Waals surface area contributed by atoms with Gasteiger partial charge in [0.05, 0.1) is 18.8 Å². The molecule has 7 nitrogen and oxygen atoms in total. The lowest BCUT2D eigenvalue weighted by Gasteiger charge is -2.32. The predicted molar refractivity (Wildman–Crippen MR) is 83.6 cm³/mol. The summed E-state index contributed by atoms with van der Waals surface area (Å²) in [5.74, 6) is -0.338. The van der Waals surface area contributed by atoms with Crippen LogP contribution in [-0.2, 0) is 4.74 Å². The molecule has 0 spiro atoms. The van der Waals surface area contributed by atoms with Crippen molar-refractivity contribution in [2.45, 2.75) is 24.5 Å². The molecule has 2 fully saturated rings. The van der Waals surface area contributed by atoms with Gasteiger partial charge in [0.1, 0.15) is 24.1 Å². The van der Waals surface area contributed by atoms with Crippen LogP contribution in [0, 0.1) is 5.82 Å². The lowest BCUT2D eigenvalue weighted by Crippen LogP contribution is -2.45. The number of halogens is 1. The van der Waals surface area contributed by atoms with Gasteiger partial charge in [-0.3, -0.25) is 4.90 Å². The number of cyclic esters (lactones) is 1. The van der Waals surface area contributed by atoms with Crippen molar-refractivity contribution in [3.05, 3.63) is 24.0 Å². The van der Waals surface area contributed by atoms with E-state index < -0.39 is 23.6 Å². The molecule has 0 aliphatic carbocycles. The highest BCUT2D eigenvalue weighted by Crippen LogP contribution is 2.28. The average Bonchev–Trinajstić information content (AvgIpc) is 2.95. The molecule has 1 amide bonds. The summed E-state index contributed by atoms with van der Waals surface area (Å²) in [5.41, 5.74) is -0.836. The van der Waals surface area contributed by atoms with Crippen molar-refractivity contribution in [1.29, 1.82) is 0 Å². The Balaban J connectivity index is 1.65. The van der Waals surface area contributed by atoms with Crippen molar-refractivity contribution in [1.82, 2.24) is 5.32 Å². The number of amides is 1. The van der Waals surface area contributed by atoms with Gasteiger partial charge in [-0.1, -0.05) is 0 Å². The summed E-state index contributed by atoms with van der Waals surface area (Å²) in [4.78, 5) is 12.9. The first-order chi connectivity index (χ1) is 11.5. The predicted octanol–water partition coefficient (Wildman–Crippen LogP) is 0.637. The number of benzene rings is 1. The van der Waals surface area contributed by atoms with E-state index in [2.05, 4.69) is 5.32 Å². The molecule has 2 heterocycles. The van der Waals surface area contributed by atoms with Crippen LogP contribution < -0.4 is 15.0 Å². The standard InChI is InChI=1S/C16H21FN2O5/c17-13-7-11(23-10-16(22)3-5-18-6-4-16)1-2-14(13)19-8-12(9-20)24-15(19)21/h1-2,7,12,18,20,22H,3-6,8-10H2/t12-/m1/s1. The Bertz CT molecular complexity index is 606. The number of aliphatic hydroxyl groups excluding tert-OH is 1. The van der Waals surface area contributed by atoms with Crippen LogP contribution in [0.1, 0.15) is 12.8 Å². The van der Waals surface area contributed by atoms with E-state index in [1.165, 1.54) is 12.1 Å². The van der Waals surface area contributed by atoms with E-state index in [9.17, 15) is 14.3 Å². The van der Waals surface area contributed by atoms with Gasteiger partial charge in [0.25, 0.3) is 0 Å². The van der Waals surface area contributed by atoms with Gasteiger partial charge >= 0.3 is 6.09 Å². The smallest absolute Gasteiger partial charge is 0.414 e. The second kappa shape index (κ2) is 6.92. The first-order valence-corrected chi connectivity index (χ1v) is 7.95. The Labute approximate surface area is 139 Å². The Morgan fingerprint density at radius 3 is 2.79 bits per heavy atom. The minimum atomic E-state index is -0.909. The second-order valence-electron chi connectivity index (χ2n) is 6.18. The second-order valence-corrected chi connectivity index (χ2v) is 6.18. The van der Waals surface area contributed by atoms with Gasteiger partial charge in [-0.25, -0.2) is 9.18 Å². The first-order valence-electron chi connectivity index (χ1n) is 7.95. The number of anilines is 1. The molecule has 2 aliphatic heterocycles. The number of hydrogen-bond acceptors (Lipinski definition) is 6. The molecule has 2 saturated heterocycles. The summed E-state index contributed by atoms with van der Waals surface area (Å²) >= 11 is 0. The van der Waals surface area contributed by atoms with Crippen molar-refractivity contribution < 1.29 is 28.9 Å². The summed E-state index contributed by atoms with van der Waals surface area (Å²) in [6, 6.07) is 4.15. The summed E-state index contributed by atoms with van der Waals surface area (Å²) in [7, 11) is 0. The molecule has 24 heavy (non-hydrogen) atoms. The van der Waals surface area contributed by atoms with Gasteiger partial charge in [0.2, 0.25) is 0 Å². The maximum Gasteiger partial charge on any atom is 0.414 e. The number of aliphatic hydroxyl groups is 2. The van der Waals surface area contributed by atoms with E-state index in [0.29, 0.717) is 12.8 Å². The van der Waals surface area contributed by atoms with Gasteiger partial charge in [-0.05, 0) is 38.1 Å². The third-order valence-electron chi connectivity index (χ3n) is 4.33. The third-order valence-corrected chi connectivity index (χ3v) is 4.33. The maximum absolute atomic E-state index is 14.3. The highest BCUT2D eigenvalue weighted by atomic mass is 19.1. The molecule has 3 N–H and O–H groups in total. The molecule has 0 aromatic heterocycles. The fourth-order valence-electron chi connectivity index (χ4n) is 2.86. The van der Waals surface area contributed by atoms with Gasteiger partial charge in [0, 0.05) is 6.07 Å². The van der Waals surface area contributed by atoms with E-state index in [1.807, 2.05) is 0 Å². The molecule has 0 radical (unpaired) electrons. The fourth-order valence-corrected chi connectivity index (χ4v) is 2.86. The summed E-state index contributed by atoms with van der Waals surface area (Å²) < 4.78 is 24.7. The van der Waals surface area contributed by atoms with Gasteiger partial charge in [-0.15, -0.1) is 0 Å². The SMILES string of the molecule is O=C1O[C@@H](CO)CN1c1ccc(OCC2(O)CCNCC2)cc1F. The summed E-state index contributed by atoms with van der Waals surface area (Å²) in [5, 5.41) is 22.6. The lowest BCUT2D eigenvalue weighted by molar-refractivity contribution is -0.0286. The van der Waals surface area contributed by atoms with Crippen LogP contribution >= 0.6 is 0 Å². The summed E-state index contributed by atoms with van der Waals surface area (Å²) in [6.45, 7) is 1.32. The molecule has 0 bridgehead atoms. The Hall–Kier alpha value is -1.90. The van der Waals surface area contributed by atoms with Crippen LogP contribution in [0.2, 0.25) is 0 Å². The minimum absolute atomic E-state index is 0.0730. The topological polar surface area (TPSA) is 91.3 Å². The van der Waals surface area contributed by atoms with Crippen LogP contribution in [0.25, 0.3) is 0 Å². The third kappa shape index (κ3) is 3.61. The van der Waals surface area contributed by atoms with E-state index >= 15 is 0 Å². The monoisotopic (exact) mass is 340 g/mol. The minimum Gasteiger partial charge on any atom is -0.490 e. The molecule has 1 aromatic rings. The van der Waals surface area contributed by atoms with Gasteiger partial charge < -0.3 is 25.0 Å². The van der Waals surface area contributed by atoms with Crippen LogP contribution in [0.3, 0.4) is 0 Å². The zero-order valence-electron chi connectivity index (χ0n) is 13.2. The van der Waals surface area contributed by atoms with Crippen molar-refractivity contribution in [2.24, 2.45) is 0 Å². The number of rotatable bonds is 5. The molecule has 1 aromatic carbocycles. The molecule has 0 saturated carbocycles. The molecule has 132 valence electrons. The molecule has 8 heteroatoms. The lowest BCUT2D eigenvalue weighted by atomic mass is 9.93. The van der Waals surface area contributed by atoms with Crippen LogP contribution in [0.4, 0.5) is 14.9 Å². The molecule has 0 unspecified atom stereocenters. The van der Waals surface area contributed by atoms with Crippen LogP contribution in [0.15, 0.2) is 18.2 Å². The molecular weight excluding hydrogens is 319 g/mol. The van der Waals surface area contributed by atoms with Crippen molar-refractivity contribution >= 4 is 11.8 Å². The number of nitrogens with one attached hydrogen (secondary N) is 1. The van der Waals surface area contributed by atoms with E-state index in [1.54, 1.807) is 6.07 Å². The first kappa shape index (κ1) is 16.9. The van der Waals surface area contributed by atoms with Gasteiger partial charge in [-0.2, -0.15) is 0 Å². The number of hydrogen-bond donors (Lipinski definition) is 3. The number of carbonyl (C=O) groups excluding carboxylic acids is 1. The van der Waals surface area contributed by atoms with Crippen molar-refractivity contribution in [3.63, 3.8) is 0 Å². The fraction of sp³-hybridized carbons (Fsp3) is 0.562. The van der Waals surface area contributed by atoms with Crippen LogP contribution in [-0.4, -0.2) is 60.9 Å². The van der Waals surface area contributed by atoms with E-state index in [-0.39, 0.29) is 31.2 Å². The molecule has 1 atom stereocenters. The zero-order valence-corrected chi connectivity index (χ0v) is 13.2. The Morgan fingerprint density at radius 1 is 1.42 bits per heavy atom. The highest BCUT2D eigenvalue weighted by Gasteiger charge is 2.34. The van der Waals surface area contributed by atoms with Gasteiger partial charge in [0.15, 0.2) is 5.82 Å². The number of nitrogens with zero attached hydrogens (tertiary/aromatic N) is 1. The number of carbonyl (C=O) groups is 1. The molecule has 2 aliphatic rings. The highest BCUT2D eigenvalue weighted by molar-refractivity contribution is 5.90. The molecule has 3 rings (SSSR count). The van der Waals surface area contributed by atoms with E-state index in [4.69, 9.17) is 14.6 Å². The normalized spacial score (nSPS) is 23.2. The quantitative estimate of drug-likeness (QED) is 0.729.